The lowest BCUT2D eigenvalue weighted by molar-refractivity contribution is -0.139. The van der Waals surface area contributed by atoms with E-state index >= 15 is 0 Å². The molecule has 1 N–H and O–H groups in total. The van der Waals surface area contributed by atoms with Gasteiger partial charge in [0, 0.05) is 39.4 Å². The highest BCUT2D eigenvalue weighted by Crippen LogP contribution is 2.41. The fourth-order valence-electron chi connectivity index (χ4n) is 3.37. The number of benzene rings is 2. The van der Waals surface area contributed by atoms with Gasteiger partial charge in [0.1, 0.15) is 16.9 Å². The Bertz CT molecular complexity index is 1300. The molecule has 0 aliphatic heterocycles. The summed E-state index contributed by atoms with van der Waals surface area (Å²) in [6.07, 6.45) is -2.84. The fraction of sp³-hybridized carbons (Fsp3) is 0.227. The number of furan rings is 1. The summed E-state index contributed by atoms with van der Waals surface area (Å²) in [6.45, 7) is 3.86. The molecule has 0 aliphatic rings. The van der Waals surface area contributed by atoms with E-state index < -0.39 is 17.4 Å². The average Bonchev–Trinajstić information content (AvgIpc) is 3.03. The SMILES string of the molecule is CSc1ccc(Nc2c(C(C)C)oc3cc4oc(=O)ccc4cc23)cc1C(F)(F)F. The van der Waals surface area contributed by atoms with Crippen LogP contribution in [0.1, 0.15) is 31.1 Å². The van der Waals surface area contributed by atoms with E-state index in [9.17, 15) is 18.0 Å². The Labute approximate surface area is 174 Å². The average molecular weight is 433 g/mol. The first-order valence-corrected chi connectivity index (χ1v) is 10.4. The molecule has 2 aromatic heterocycles. The van der Waals surface area contributed by atoms with Gasteiger partial charge in [-0.05, 0) is 36.6 Å². The monoisotopic (exact) mass is 433 g/mol. The van der Waals surface area contributed by atoms with Gasteiger partial charge in [-0.1, -0.05) is 13.8 Å². The van der Waals surface area contributed by atoms with Crippen molar-refractivity contribution in [1.29, 1.82) is 0 Å². The van der Waals surface area contributed by atoms with E-state index in [1.807, 2.05) is 13.8 Å². The molecular weight excluding hydrogens is 415 g/mol. The number of rotatable bonds is 4. The fourth-order valence-corrected chi connectivity index (χ4v) is 3.96. The van der Waals surface area contributed by atoms with E-state index in [1.54, 1.807) is 30.5 Å². The maximum atomic E-state index is 13.5. The van der Waals surface area contributed by atoms with Gasteiger partial charge in [0.2, 0.25) is 0 Å². The number of nitrogens with one attached hydrogen (secondary N) is 1. The van der Waals surface area contributed by atoms with E-state index in [1.165, 1.54) is 12.1 Å². The quantitative estimate of drug-likeness (QED) is 0.274. The summed E-state index contributed by atoms with van der Waals surface area (Å²) < 4.78 is 51.6. The minimum Gasteiger partial charge on any atom is -0.458 e. The summed E-state index contributed by atoms with van der Waals surface area (Å²) in [6, 6.07) is 10.6. The smallest absolute Gasteiger partial charge is 0.417 e. The molecule has 4 rings (SSSR count). The first kappa shape index (κ1) is 20.4. The van der Waals surface area contributed by atoms with Gasteiger partial charge in [-0.3, -0.25) is 0 Å². The van der Waals surface area contributed by atoms with E-state index in [0.29, 0.717) is 39.1 Å². The maximum Gasteiger partial charge on any atom is 0.417 e. The van der Waals surface area contributed by atoms with Crippen LogP contribution in [0.4, 0.5) is 24.5 Å². The van der Waals surface area contributed by atoms with Crippen molar-refractivity contribution in [2.45, 2.75) is 30.8 Å². The second-order valence-electron chi connectivity index (χ2n) is 7.17. The van der Waals surface area contributed by atoms with Crippen molar-refractivity contribution in [1.82, 2.24) is 0 Å². The molecule has 156 valence electrons. The van der Waals surface area contributed by atoms with Gasteiger partial charge >= 0.3 is 11.8 Å². The predicted molar refractivity (Wildman–Crippen MR) is 113 cm³/mol. The van der Waals surface area contributed by atoms with Crippen LogP contribution in [0.3, 0.4) is 0 Å². The van der Waals surface area contributed by atoms with Crippen molar-refractivity contribution < 1.29 is 22.0 Å². The Hall–Kier alpha value is -2.87. The van der Waals surface area contributed by atoms with Crippen molar-refractivity contribution in [2.75, 3.05) is 11.6 Å². The lowest BCUT2D eigenvalue weighted by Gasteiger charge is -2.15. The third-order valence-corrected chi connectivity index (χ3v) is 5.55. The van der Waals surface area contributed by atoms with Gasteiger partial charge in [0.05, 0.1) is 11.3 Å². The Morgan fingerprint density at radius 3 is 2.43 bits per heavy atom. The Balaban J connectivity index is 1.88. The third-order valence-electron chi connectivity index (χ3n) is 4.76. The van der Waals surface area contributed by atoms with Gasteiger partial charge in [-0.25, -0.2) is 4.79 Å². The van der Waals surface area contributed by atoms with E-state index in [0.717, 1.165) is 17.8 Å². The largest absolute Gasteiger partial charge is 0.458 e. The van der Waals surface area contributed by atoms with Crippen LogP contribution in [0.5, 0.6) is 0 Å². The molecule has 2 aromatic carbocycles. The highest BCUT2D eigenvalue weighted by molar-refractivity contribution is 7.98. The molecule has 30 heavy (non-hydrogen) atoms. The van der Waals surface area contributed by atoms with Crippen molar-refractivity contribution in [3.63, 3.8) is 0 Å². The Morgan fingerprint density at radius 2 is 1.77 bits per heavy atom. The summed E-state index contributed by atoms with van der Waals surface area (Å²) in [5.74, 6) is 0.577. The molecule has 0 atom stereocenters. The standard InChI is InChI=1S/C22H18F3NO3S/c1-11(2)21-20(26-13-5-6-18(30-3)15(9-13)22(23,24)25)14-8-12-4-7-19(27)28-16(12)10-17(14)29-21/h4-11,26H,1-3H3. The van der Waals surface area contributed by atoms with Gasteiger partial charge in [0.25, 0.3) is 0 Å². The molecule has 0 bridgehead atoms. The number of fused-ring (bicyclic) bond motifs is 2. The van der Waals surface area contributed by atoms with Gasteiger partial charge in [0.15, 0.2) is 0 Å². The van der Waals surface area contributed by atoms with Crippen LogP contribution < -0.4 is 10.9 Å². The Morgan fingerprint density at radius 1 is 1.00 bits per heavy atom. The predicted octanol–water partition coefficient (Wildman–Crippen LogP) is 7.15. The van der Waals surface area contributed by atoms with Crippen LogP contribution in [-0.4, -0.2) is 6.26 Å². The minimum absolute atomic E-state index is 0.0254. The second kappa shape index (κ2) is 7.43. The number of halogens is 3. The number of alkyl halides is 3. The second-order valence-corrected chi connectivity index (χ2v) is 8.02. The van der Waals surface area contributed by atoms with Crippen LogP contribution in [0, 0.1) is 0 Å². The third kappa shape index (κ3) is 3.67. The zero-order valence-corrected chi connectivity index (χ0v) is 17.2. The number of anilines is 2. The van der Waals surface area contributed by atoms with Crippen molar-refractivity contribution >= 4 is 45.1 Å². The van der Waals surface area contributed by atoms with Crippen LogP contribution in [0.15, 0.2) is 61.0 Å². The van der Waals surface area contributed by atoms with Gasteiger partial charge in [-0.15, -0.1) is 11.8 Å². The van der Waals surface area contributed by atoms with E-state index in [4.69, 9.17) is 8.83 Å². The van der Waals surface area contributed by atoms with Crippen molar-refractivity contribution in [3.8, 4) is 0 Å². The Kier molecular flexibility index (Phi) is 5.05. The lowest BCUT2D eigenvalue weighted by Crippen LogP contribution is -2.07. The van der Waals surface area contributed by atoms with Gasteiger partial charge < -0.3 is 14.2 Å². The number of hydrogen-bond donors (Lipinski definition) is 1. The summed E-state index contributed by atoms with van der Waals surface area (Å²) in [4.78, 5) is 11.7. The number of hydrogen-bond acceptors (Lipinski definition) is 5. The molecule has 0 amide bonds. The van der Waals surface area contributed by atoms with Crippen LogP contribution in [0.25, 0.3) is 21.9 Å². The highest BCUT2D eigenvalue weighted by atomic mass is 32.2. The molecule has 0 radical (unpaired) electrons. The molecule has 0 aliphatic carbocycles. The van der Waals surface area contributed by atoms with Crippen LogP contribution >= 0.6 is 11.8 Å². The topological polar surface area (TPSA) is 55.4 Å². The van der Waals surface area contributed by atoms with Crippen molar-refractivity contribution in [2.24, 2.45) is 0 Å². The molecule has 0 saturated heterocycles. The molecule has 0 unspecified atom stereocenters. The van der Waals surface area contributed by atoms with Crippen LogP contribution in [0.2, 0.25) is 0 Å². The molecule has 4 nitrogen and oxygen atoms in total. The van der Waals surface area contributed by atoms with E-state index in [-0.39, 0.29) is 10.8 Å². The molecule has 4 aromatic rings. The maximum absolute atomic E-state index is 13.5. The van der Waals surface area contributed by atoms with E-state index in [2.05, 4.69) is 5.32 Å². The zero-order valence-electron chi connectivity index (χ0n) is 16.4. The summed E-state index contributed by atoms with van der Waals surface area (Å²) in [7, 11) is 0. The minimum atomic E-state index is -4.46. The first-order valence-electron chi connectivity index (χ1n) is 9.20. The van der Waals surface area contributed by atoms with Crippen molar-refractivity contribution in [3.05, 3.63) is 64.2 Å². The summed E-state index contributed by atoms with van der Waals surface area (Å²) in [5, 5.41) is 4.51. The first-order chi connectivity index (χ1) is 14.2. The molecule has 8 heteroatoms. The molecule has 0 spiro atoms. The van der Waals surface area contributed by atoms with Gasteiger partial charge in [-0.2, -0.15) is 13.2 Å². The molecule has 0 fully saturated rings. The highest BCUT2D eigenvalue weighted by Gasteiger charge is 2.33. The molecular formula is C22H18F3NO3S. The number of thioether (sulfide) groups is 1. The molecule has 0 saturated carbocycles. The normalized spacial score (nSPS) is 12.2. The van der Waals surface area contributed by atoms with Crippen LogP contribution in [-0.2, 0) is 6.18 Å². The summed E-state index contributed by atoms with van der Waals surface area (Å²) >= 11 is 1.05. The lowest BCUT2D eigenvalue weighted by atomic mass is 10.1. The summed E-state index contributed by atoms with van der Waals surface area (Å²) in [5.41, 5.74) is 0.618. The molecule has 2 heterocycles. The zero-order chi connectivity index (χ0) is 21.6.